The molecule has 102 valence electrons. The molecule has 2 aromatic rings. The molecule has 20 heavy (non-hydrogen) atoms. The fraction of sp³-hybridized carbons (Fsp3) is 0.250. The lowest BCUT2D eigenvalue weighted by Crippen LogP contribution is -2.29. The predicted molar refractivity (Wildman–Crippen MR) is 75.4 cm³/mol. The van der Waals surface area contributed by atoms with Gasteiger partial charge in [0.05, 0.1) is 0 Å². The molecule has 1 aromatic heterocycles. The highest BCUT2D eigenvalue weighted by Gasteiger charge is 2.26. The Kier molecular flexibility index (Phi) is 3.22. The van der Waals surface area contributed by atoms with Gasteiger partial charge >= 0.3 is 0 Å². The van der Waals surface area contributed by atoms with Crippen LogP contribution in [0.3, 0.4) is 0 Å². The lowest BCUT2D eigenvalue weighted by atomic mass is 10.1. The van der Waals surface area contributed by atoms with Gasteiger partial charge < -0.3 is 4.90 Å². The molecule has 1 aromatic carbocycles. The molecule has 1 amide bonds. The van der Waals surface area contributed by atoms with Crippen LogP contribution in [0.5, 0.6) is 0 Å². The van der Waals surface area contributed by atoms with E-state index in [1.165, 1.54) is 12.1 Å². The van der Waals surface area contributed by atoms with Gasteiger partial charge in [-0.15, -0.1) is 0 Å². The van der Waals surface area contributed by atoms with Crippen molar-refractivity contribution in [1.29, 1.82) is 0 Å². The summed E-state index contributed by atoms with van der Waals surface area (Å²) in [4.78, 5) is 18.6. The lowest BCUT2D eigenvalue weighted by Gasteiger charge is -2.17. The van der Waals surface area contributed by atoms with Crippen LogP contribution in [0.25, 0.3) is 0 Å². The molecule has 4 heteroatoms. The summed E-state index contributed by atoms with van der Waals surface area (Å²) in [5.41, 5.74) is 3.01. The Morgan fingerprint density at radius 2 is 2.20 bits per heavy atom. The smallest absolute Gasteiger partial charge is 0.276 e. The Labute approximate surface area is 117 Å². The minimum atomic E-state index is -0.260. The number of carbonyl (C=O) groups is 1. The van der Waals surface area contributed by atoms with Crippen LogP contribution in [0.4, 0.5) is 10.1 Å². The lowest BCUT2D eigenvalue weighted by molar-refractivity contribution is 0.0984. The number of carbonyl (C=O) groups excluding carboxylic acids is 1. The third kappa shape index (κ3) is 2.18. The van der Waals surface area contributed by atoms with E-state index in [0.717, 1.165) is 23.4 Å². The number of hydrogen-bond acceptors (Lipinski definition) is 2. The molecule has 0 bridgehead atoms. The minimum absolute atomic E-state index is 0.120. The molecule has 0 unspecified atom stereocenters. The number of hydrogen-bond donors (Lipinski definition) is 0. The van der Waals surface area contributed by atoms with Crippen LogP contribution in [-0.4, -0.2) is 17.4 Å². The summed E-state index contributed by atoms with van der Waals surface area (Å²) in [5.74, 6) is -0.380. The topological polar surface area (TPSA) is 33.2 Å². The molecule has 1 aliphatic rings. The summed E-state index contributed by atoms with van der Waals surface area (Å²) >= 11 is 0. The van der Waals surface area contributed by atoms with E-state index in [0.29, 0.717) is 18.7 Å². The Bertz CT molecular complexity index is 669. The normalized spacial score (nSPS) is 13.4. The molecule has 2 heterocycles. The number of pyridine rings is 1. The van der Waals surface area contributed by atoms with Gasteiger partial charge in [0.2, 0.25) is 0 Å². The van der Waals surface area contributed by atoms with Crippen molar-refractivity contribution >= 4 is 11.6 Å². The van der Waals surface area contributed by atoms with E-state index in [1.807, 2.05) is 19.1 Å². The first-order valence-electron chi connectivity index (χ1n) is 6.75. The SMILES string of the molecule is CCc1cccc(C(=O)N2CCc3cc(F)ccc32)n1. The fourth-order valence-electron chi connectivity index (χ4n) is 2.52. The number of rotatable bonds is 2. The van der Waals surface area contributed by atoms with Crippen molar-refractivity contribution in [2.45, 2.75) is 19.8 Å². The number of anilines is 1. The molecule has 1 aliphatic heterocycles. The number of aromatic nitrogens is 1. The summed E-state index contributed by atoms with van der Waals surface area (Å²) < 4.78 is 13.2. The zero-order chi connectivity index (χ0) is 14.1. The highest BCUT2D eigenvalue weighted by atomic mass is 19.1. The highest BCUT2D eigenvalue weighted by Crippen LogP contribution is 2.29. The Hall–Kier alpha value is -2.23. The Morgan fingerprint density at radius 1 is 1.35 bits per heavy atom. The van der Waals surface area contributed by atoms with E-state index in [1.54, 1.807) is 17.0 Å². The second kappa shape index (κ2) is 5.04. The van der Waals surface area contributed by atoms with Crippen LogP contribution < -0.4 is 4.90 Å². The molecular formula is C16H15FN2O. The minimum Gasteiger partial charge on any atom is -0.306 e. The zero-order valence-corrected chi connectivity index (χ0v) is 11.3. The molecule has 0 aliphatic carbocycles. The van der Waals surface area contributed by atoms with Crippen molar-refractivity contribution in [2.24, 2.45) is 0 Å². The largest absolute Gasteiger partial charge is 0.306 e. The van der Waals surface area contributed by atoms with Crippen molar-refractivity contribution < 1.29 is 9.18 Å². The van der Waals surface area contributed by atoms with E-state index in [9.17, 15) is 9.18 Å². The maximum absolute atomic E-state index is 13.2. The first-order chi connectivity index (χ1) is 9.69. The van der Waals surface area contributed by atoms with Crippen LogP contribution >= 0.6 is 0 Å². The number of fused-ring (bicyclic) bond motifs is 1. The standard InChI is InChI=1S/C16H15FN2O/c1-2-13-4-3-5-14(18-13)16(20)19-9-8-11-10-12(17)6-7-15(11)19/h3-7,10H,2,8-9H2,1H3. The van der Waals surface area contributed by atoms with Crippen LogP contribution in [0.1, 0.15) is 28.7 Å². The van der Waals surface area contributed by atoms with Crippen molar-refractivity contribution in [2.75, 3.05) is 11.4 Å². The third-order valence-electron chi connectivity index (χ3n) is 3.57. The van der Waals surface area contributed by atoms with Crippen molar-refractivity contribution in [3.8, 4) is 0 Å². The monoisotopic (exact) mass is 270 g/mol. The number of amides is 1. The van der Waals surface area contributed by atoms with Crippen molar-refractivity contribution in [1.82, 2.24) is 4.98 Å². The van der Waals surface area contributed by atoms with Gasteiger partial charge in [0.1, 0.15) is 11.5 Å². The molecule has 0 atom stereocenters. The Morgan fingerprint density at radius 3 is 3.00 bits per heavy atom. The van der Waals surface area contributed by atoms with Gasteiger partial charge in [-0.1, -0.05) is 13.0 Å². The average molecular weight is 270 g/mol. The molecule has 0 N–H and O–H groups in total. The first-order valence-corrected chi connectivity index (χ1v) is 6.75. The molecule has 0 saturated heterocycles. The van der Waals surface area contributed by atoms with E-state index < -0.39 is 0 Å². The third-order valence-corrected chi connectivity index (χ3v) is 3.57. The predicted octanol–water partition coefficient (Wildman–Crippen LogP) is 2.99. The second-order valence-corrected chi connectivity index (χ2v) is 4.85. The number of benzene rings is 1. The van der Waals surface area contributed by atoms with Crippen LogP contribution in [0, 0.1) is 5.82 Å². The van der Waals surface area contributed by atoms with Crippen LogP contribution in [0.2, 0.25) is 0 Å². The summed E-state index contributed by atoms with van der Waals surface area (Å²) in [7, 11) is 0. The summed E-state index contributed by atoms with van der Waals surface area (Å²) in [6.07, 6.45) is 1.48. The summed E-state index contributed by atoms with van der Waals surface area (Å²) in [5, 5.41) is 0. The van der Waals surface area contributed by atoms with Crippen molar-refractivity contribution in [3.63, 3.8) is 0 Å². The van der Waals surface area contributed by atoms with Crippen molar-refractivity contribution in [3.05, 3.63) is 59.2 Å². The van der Waals surface area contributed by atoms with Gasteiger partial charge in [-0.2, -0.15) is 0 Å². The van der Waals surface area contributed by atoms with Gasteiger partial charge in [-0.3, -0.25) is 4.79 Å². The maximum atomic E-state index is 13.2. The number of aryl methyl sites for hydroxylation is 1. The highest BCUT2D eigenvalue weighted by molar-refractivity contribution is 6.06. The van der Waals surface area contributed by atoms with Gasteiger partial charge in [0.25, 0.3) is 5.91 Å². The zero-order valence-electron chi connectivity index (χ0n) is 11.3. The van der Waals surface area contributed by atoms with Crippen LogP contribution in [-0.2, 0) is 12.8 Å². The molecule has 0 fully saturated rings. The number of halogens is 1. The molecule has 3 rings (SSSR count). The van der Waals surface area contributed by atoms with Gasteiger partial charge in [-0.05, 0) is 48.7 Å². The summed E-state index contributed by atoms with van der Waals surface area (Å²) in [6, 6.07) is 10.0. The average Bonchev–Trinajstić information content (AvgIpc) is 2.89. The first kappa shape index (κ1) is 12.8. The summed E-state index contributed by atoms with van der Waals surface area (Å²) in [6.45, 7) is 2.58. The molecule has 0 saturated carbocycles. The molecule has 0 radical (unpaired) electrons. The van der Waals surface area contributed by atoms with Gasteiger partial charge in [0.15, 0.2) is 0 Å². The molecular weight excluding hydrogens is 255 g/mol. The second-order valence-electron chi connectivity index (χ2n) is 4.85. The molecule has 0 spiro atoms. The maximum Gasteiger partial charge on any atom is 0.276 e. The van der Waals surface area contributed by atoms with Crippen LogP contribution in [0.15, 0.2) is 36.4 Å². The Balaban J connectivity index is 1.93. The van der Waals surface area contributed by atoms with E-state index in [4.69, 9.17) is 0 Å². The van der Waals surface area contributed by atoms with E-state index >= 15 is 0 Å². The van der Waals surface area contributed by atoms with E-state index in [2.05, 4.69) is 4.98 Å². The fourth-order valence-corrected chi connectivity index (χ4v) is 2.52. The van der Waals surface area contributed by atoms with Gasteiger partial charge in [0, 0.05) is 17.9 Å². The number of nitrogens with zero attached hydrogens (tertiary/aromatic N) is 2. The molecule has 3 nitrogen and oxygen atoms in total. The van der Waals surface area contributed by atoms with Gasteiger partial charge in [-0.25, -0.2) is 9.37 Å². The quantitative estimate of drug-likeness (QED) is 0.840. The van der Waals surface area contributed by atoms with E-state index in [-0.39, 0.29) is 11.7 Å².